The van der Waals surface area contributed by atoms with Crippen LogP contribution in [0.15, 0.2) is 72.8 Å². The van der Waals surface area contributed by atoms with Crippen molar-refractivity contribution in [3.05, 3.63) is 101 Å². The van der Waals surface area contributed by atoms with Crippen molar-refractivity contribution < 1.29 is 13.5 Å². The smallest absolute Gasteiger partial charge is 0.123 e. The summed E-state index contributed by atoms with van der Waals surface area (Å²) >= 11 is 0. The minimum absolute atomic E-state index is 0.0359. The molecule has 0 amide bonds. The van der Waals surface area contributed by atoms with E-state index in [2.05, 4.69) is 5.32 Å². The molecule has 0 aliphatic heterocycles. The maximum Gasteiger partial charge on any atom is 0.123 e. The Morgan fingerprint density at radius 3 is 1.77 bits per heavy atom. The minimum Gasteiger partial charge on any atom is -0.496 e. The van der Waals surface area contributed by atoms with Gasteiger partial charge in [0.1, 0.15) is 17.4 Å². The van der Waals surface area contributed by atoms with Crippen molar-refractivity contribution >= 4 is 0 Å². The third-order valence-electron chi connectivity index (χ3n) is 4.43. The molecular formula is C22H21F2NO. The number of methoxy groups -OCH3 is 1. The van der Waals surface area contributed by atoms with Crippen molar-refractivity contribution in [3.63, 3.8) is 0 Å². The highest BCUT2D eigenvalue weighted by atomic mass is 19.1. The Hall–Kier alpha value is -2.72. The number of nitrogens with one attached hydrogen (secondary N) is 1. The fraction of sp³-hybridized carbons (Fsp3) is 0.182. The van der Waals surface area contributed by atoms with Crippen molar-refractivity contribution in [3.8, 4) is 5.75 Å². The second-order valence-electron chi connectivity index (χ2n) is 6.17. The molecule has 0 saturated heterocycles. The highest BCUT2D eigenvalue weighted by molar-refractivity contribution is 5.37. The molecule has 0 aliphatic carbocycles. The van der Waals surface area contributed by atoms with Crippen molar-refractivity contribution in [1.82, 2.24) is 5.32 Å². The van der Waals surface area contributed by atoms with Gasteiger partial charge in [-0.05, 0) is 48.4 Å². The Bertz CT molecular complexity index is 801. The van der Waals surface area contributed by atoms with Gasteiger partial charge in [0.15, 0.2) is 0 Å². The van der Waals surface area contributed by atoms with Crippen LogP contribution in [0.25, 0.3) is 0 Å². The number of para-hydroxylation sites is 1. The summed E-state index contributed by atoms with van der Waals surface area (Å²) in [6, 6.07) is 20.2. The first kappa shape index (κ1) is 18.1. The normalized spacial score (nSPS) is 12.2. The molecule has 0 aromatic heterocycles. The van der Waals surface area contributed by atoms with Gasteiger partial charge < -0.3 is 4.74 Å². The second-order valence-corrected chi connectivity index (χ2v) is 6.17. The lowest BCUT2D eigenvalue weighted by atomic mass is 9.96. The van der Waals surface area contributed by atoms with Crippen molar-refractivity contribution in [2.24, 2.45) is 0 Å². The van der Waals surface area contributed by atoms with Gasteiger partial charge >= 0.3 is 0 Å². The highest BCUT2D eigenvalue weighted by Gasteiger charge is 2.19. The predicted octanol–water partition coefficient (Wildman–Crippen LogP) is 5.41. The first-order valence-electron chi connectivity index (χ1n) is 8.48. The predicted molar refractivity (Wildman–Crippen MR) is 99.2 cm³/mol. The van der Waals surface area contributed by atoms with E-state index in [9.17, 15) is 8.78 Å². The van der Waals surface area contributed by atoms with Crippen molar-refractivity contribution in [2.75, 3.05) is 7.11 Å². The van der Waals surface area contributed by atoms with Gasteiger partial charge in [0.05, 0.1) is 13.2 Å². The lowest BCUT2D eigenvalue weighted by Crippen LogP contribution is -2.26. The SMILES string of the molecule is COc1ccccc1C(C)NC(c1ccc(F)cc1)c1ccc(F)cc1. The molecule has 134 valence electrons. The molecule has 26 heavy (non-hydrogen) atoms. The Kier molecular flexibility index (Phi) is 5.64. The molecule has 0 fully saturated rings. The first-order chi connectivity index (χ1) is 12.6. The van der Waals surface area contributed by atoms with Crippen LogP contribution in [0.2, 0.25) is 0 Å². The Morgan fingerprint density at radius 1 is 0.769 bits per heavy atom. The third kappa shape index (κ3) is 4.09. The second kappa shape index (κ2) is 8.11. The van der Waals surface area contributed by atoms with Gasteiger partial charge in [-0.3, -0.25) is 5.32 Å². The van der Waals surface area contributed by atoms with Crippen LogP contribution < -0.4 is 10.1 Å². The third-order valence-corrected chi connectivity index (χ3v) is 4.43. The lowest BCUT2D eigenvalue weighted by molar-refractivity contribution is 0.398. The molecule has 0 radical (unpaired) electrons. The molecule has 0 saturated carbocycles. The molecule has 1 N–H and O–H groups in total. The number of halogens is 2. The summed E-state index contributed by atoms with van der Waals surface area (Å²) in [7, 11) is 1.64. The van der Waals surface area contributed by atoms with E-state index >= 15 is 0 Å². The van der Waals surface area contributed by atoms with Gasteiger partial charge in [-0.25, -0.2) is 8.78 Å². The maximum absolute atomic E-state index is 13.3. The zero-order valence-corrected chi connectivity index (χ0v) is 14.7. The van der Waals surface area contributed by atoms with Crippen LogP contribution in [0, 0.1) is 11.6 Å². The Morgan fingerprint density at radius 2 is 1.27 bits per heavy atom. The molecule has 3 aromatic rings. The molecule has 3 rings (SSSR count). The molecule has 4 heteroatoms. The van der Waals surface area contributed by atoms with E-state index in [-0.39, 0.29) is 23.7 Å². The van der Waals surface area contributed by atoms with Gasteiger partial charge in [-0.15, -0.1) is 0 Å². The first-order valence-corrected chi connectivity index (χ1v) is 8.48. The minimum atomic E-state index is -0.288. The molecule has 3 aromatic carbocycles. The average Bonchev–Trinajstić information content (AvgIpc) is 2.67. The van der Waals surface area contributed by atoms with E-state index in [1.807, 2.05) is 31.2 Å². The molecule has 0 bridgehead atoms. The van der Waals surface area contributed by atoms with Crippen LogP contribution in [0.4, 0.5) is 8.78 Å². The van der Waals surface area contributed by atoms with Gasteiger partial charge in [-0.1, -0.05) is 42.5 Å². The van der Waals surface area contributed by atoms with Crippen LogP contribution in [-0.4, -0.2) is 7.11 Å². The van der Waals surface area contributed by atoms with Crippen LogP contribution in [0.1, 0.15) is 35.7 Å². The van der Waals surface area contributed by atoms with Crippen molar-refractivity contribution in [2.45, 2.75) is 19.0 Å². The van der Waals surface area contributed by atoms with E-state index in [1.54, 1.807) is 31.4 Å². The van der Waals surface area contributed by atoms with E-state index < -0.39 is 0 Å². The van der Waals surface area contributed by atoms with Crippen LogP contribution in [0.5, 0.6) is 5.75 Å². The van der Waals surface area contributed by atoms with E-state index in [0.717, 1.165) is 22.4 Å². The summed E-state index contributed by atoms with van der Waals surface area (Å²) in [5.74, 6) is 0.221. The molecule has 0 spiro atoms. The number of hydrogen-bond donors (Lipinski definition) is 1. The van der Waals surface area contributed by atoms with E-state index in [1.165, 1.54) is 24.3 Å². The van der Waals surface area contributed by atoms with E-state index in [0.29, 0.717) is 0 Å². The number of hydrogen-bond acceptors (Lipinski definition) is 2. The largest absolute Gasteiger partial charge is 0.496 e. The zero-order valence-electron chi connectivity index (χ0n) is 14.7. The van der Waals surface area contributed by atoms with Crippen molar-refractivity contribution in [1.29, 1.82) is 0 Å². The summed E-state index contributed by atoms with van der Waals surface area (Å²) in [4.78, 5) is 0. The van der Waals surface area contributed by atoms with Gasteiger partial charge in [0.2, 0.25) is 0 Å². The average molecular weight is 353 g/mol. The van der Waals surface area contributed by atoms with Crippen LogP contribution >= 0.6 is 0 Å². The highest BCUT2D eigenvalue weighted by Crippen LogP contribution is 2.30. The fourth-order valence-corrected chi connectivity index (χ4v) is 3.06. The quantitative estimate of drug-likeness (QED) is 0.639. The zero-order chi connectivity index (χ0) is 18.5. The topological polar surface area (TPSA) is 21.3 Å². The summed E-state index contributed by atoms with van der Waals surface area (Å²) in [5.41, 5.74) is 2.82. The number of benzene rings is 3. The molecule has 1 unspecified atom stereocenters. The van der Waals surface area contributed by atoms with Crippen LogP contribution in [-0.2, 0) is 0 Å². The summed E-state index contributed by atoms with van der Waals surface area (Å²) in [6.07, 6.45) is 0. The monoisotopic (exact) mass is 353 g/mol. The molecular weight excluding hydrogens is 332 g/mol. The standard InChI is InChI=1S/C22H21F2NO/c1-15(20-5-3-4-6-21(20)26-2)25-22(16-7-11-18(23)12-8-16)17-9-13-19(24)14-10-17/h3-15,22,25H,1-2H3. The van der Waals surface area contributed by atoms with Gasteiger partial charge in [0, 0.05) is 11.6 Å². The van der Waals surface area contributed by atoms with E-state index in [4.69, 9.17) is 4.74 Å². The number of rotatable bonds is 6. The Labute approximate surface area is 152 Å². The summed E-state index contributed by atoms with van der Waals surface area (Å²) in [6.45, 7) is 2.04. The number of ether oxygens (including phenoxy) is 1. The molecule has 0 aliphatic rings. The lowest BCUT2D eigenvalue weighted by Gasteiger charge is -2.25. The van der Waals surface area contributed by atoms with Gasteiger partial charge in [-0.2, -0.15) is 0 Å². The molecule has 1 atom stereocenters. The molecule has 2 nitrogen and oxygen atoms in total. The Balaban J connectivity index is 1.95. The fourth-order valence-electron chi connectivity index (χ4n) is 3.06. The van der Waals surface area contributed by atoms with Crippen LogP contribution in [0.3, 0.4) is 0 Å². The summed E-state index contributed by atoms with van der Waals surface area (Å²) in [5, 5.41) is 3.55. The molecule has 0 heterocycles. The van der Waals surface area contributed by atoms with Gasteiger partial charge in [0.25, 0.3) is 0 Å². The maximum atomic E-state index is 13.3. The summed E-state index contributed by atoms with van der Waals surface area (Å²) < 4.78 is 32.1.